The highest BCUT2D eigenvalue weighted by Gasteiger charge is 2.20. The molecule has 0 saturated heterocycles. The van der Waals surface area contributed by atoms with Crippen molar-refractivity contribution in [3.05, 3.63) is 83.8 Å². The maximum atomic E-state index is 13.4. The minimum Gasteiger partial charge on any atom is -0.478 e. The van der Waals surface area contributed by atoms with Crippen LogP contribution in [-0.2, 0) is 0 Å². The van der Waals surface area contributed by atoms with Crippen molar-refractivity contribution in [3.8, 4) is 22.3 Å². The first-order valence-corrected chi connectivity index (χ1v) is 11.4. The molecule has 0 unspecified atom stereocenters. The van der Waals surface area contributed by atoms with E-state index in [0.717, 1.165) is 28.5 Å². The van der Waals surface area contributed by atoms with E-state index in [4.69, 9.17) is 11.5 Å². The lowest BCUT2D eigenvalue weighted by atomic mass is 9.98. The quantitative estimate of drug-likeness (QED) is 0.249. The molecule has 1 amide bonds. The molecule has 0 aliphatic heterocycles. The normalized spacial score (nSPS) is 12.0. The van der Waals surface area contributed by atoms with E-state index >= 15 is 0 Å². The molecule has 0 bridgehead atoms. The second kappa shape index (κ2) is 10.5. The maximum Gasteiger partial charge on any atom is 0.335 e. The van der Waals surface area contributed by atoms with Crippen molar-refractivity contribution in [1.82, 2.24) is 10.3 Å². The Morgan fingerprint density at radius 2 is 1.63 bits per heavy atom. The number of aromatic amines is 1. The fourth-order valence-corrected chi connectivity index (χ4v) is 4.06. The van der Waals surface area contributed by atoms with Crippen molar-refractivity contribution in [2.75, 3.05) is 13.1 Å². The summed E-state index contributed by atoms with van der Waals surface area (Å²) < 4.78 is 13.4. The second-order valence-electron chi connectivity index (χ2n) is 8.43. The standard InChI is InChI=1S/C27H27FN4O3/c28-20-10-7-16(8-11-20)19-9-12-22-23(14-19)32-25(26(33)31-15-21(30)2-1-13-29)24(22)17-3-5-18(6-4-17)27(34)35/h3-12,14,21,32H,1-2,13,15,29-30H2,(H,31,33)(H,34,35)/t21-/m1/s1. The first kappa shape index (κ1) is 24.1. The SMILES string of the molecule is NCCC[C@@H](N)CNC(=O)c1[nH]c2cc(-c3ccc(F)cc3)ccc2c1-c1ccc(C(=O)O)cc1. The van der Waals surface area contributed by atoms with E-state index in [2.05, 4.69) is 10.3 Å². The van der Waals surface area contributed by atoms with Gasteiger partial charge in [0.1, 0.15) is 11.5 Å². The molecule has 0 aliphatic rings. The Morgan fingerprint density at radius 1 is 0.971 bits per heavy atom. The van der Waals surface area contributed by atoms with E-state index in [0.29, 0.717) is 36.3 Å². The molecule has 3 aromatic carbocycles. The van der Waals surface area contributed by atoms with Crippen LogP contribution in [0, 0.1) is 5.82 Å². The Labute approximate surface area is 202 Å². The minimum absolute atomic E-state index is 0.157. The van der Waals surface area contributed by atoms with Crippen LogP contribution in [0.15, 0.2) is 66.7 Å². The number of fused-ring (bicyclic) bond motifs is 1. The van der Waals surface area contributed by atoms with E-state index < -0.39 is 5.97 Å². The van der Waals surface area contributed by atoms with Gasteiger partial charge in [0.2, 0.25) is 0 Å². The molecule has 8 heteroatoms. The number of halogens is 1. The van der Waals surface area contributed by atoms with Crippen molar-refractivity contribution >= 4 is 22.8 Å². The van der Waals surface area contributed by atoms with E-state index in [-0.39, 0.29) is 23.3 Å². The van der Waals surface area contributed by atoms with Crippen LogP contribution >= 0.6 is 0 Å². The third-order valence-corrected chi connectivity index (χ3v) is 5.93. The smallest absolute Gasteiger partial charge is 0.335 e. The predicted octanol–water partition coefficient (Wildman–Crippen LogP) is 4.14. The van der Waals surface area contributed by atoms with Gasteiger partial charge >= 0.3 is 5.97 Å². The van der Waals surface area contributed by atoms with Gasteiger partial charge in [-0.25, -0.2) is 9.18 Å². The van der Waals surface area contributed by atoms with Gasteiger partial charge in [-0.15, -0.1) is 0 Å². The van der Waals surface area contributed by atoms with Crippen molar-refractivity contribution in [2.24, 2.45) is 11.5 Å². The van der Waals surface area contributed by atoms with Gasteiger partial charge in [0, 0.05) is 29.1 Å². The van der Waals surface area contributed by atoms with Gasteiger partial charge < -0.3 is 26.9 Å². The number of aromatic nitrogens is 1. The number of amides is 1. The molecule has 0 radical (unpaired) electrons. The van der Waals surface area contributed by atoms with Crippen LogP contribution in [0.3, 0.4) is 0 Å². The van der Waals surface area contributed by atoms with Crippen LogP contribution < -0.4 is 16.8 Å². The van der Waals surface area contributed by atoms with Gasteiger partial charge in [-0.2, -0.15) is 0 Å². The third-order valence-electron chi connectivity index (χ3n) is 5.93. The number of H-pyrrole nitrogens is 1. The molecular weight excluding hydrogens is 447 g/mol. The summed E-state index contributed by atoms with van der Waals surface area (Å²) in [4.78, 5) is 27.7. The lowest BCUT2D eigenvalue weighted by molar-refractivity contribution is 0.0696. The number of carbonyl (C=O) groups is 2. The molecule has 1 atom stereocenters. The van der Waals surface area contributed by atoms with Gasteiger partial charge in [-0.05, 0) is 66.4 Å². The van der Waals surface area contributed by atoms with Crippen molar-refractivity contribution in [3.63, 3.8) is 0 Å². The molecule has 0 spiro atoms. The Hall–Kier alpha value is -4.01. The summed E-state index contributed by atoms with van der Waals surface area (Å²) in [5.74, 6) is -1.65. The lowest BCUT2D eigenvalue weighted by Crippen LogP contribution is -2.37. The number of hydrogen-bond donors (Lipinski definition) is 5. The van der Waals surface area contributed by atoms with Gasteiger partial charge in [0.15, 0.2) is 0 Å². The summed E-state index contributed by atoms with van der Waals surface area (Å²) >= 11 is 0. The first-order valence-electron chi connectivity index (χ1n) is 11.4. The first-order chi connectivity index (χ1) is 16.9. The monoisotopic (exact) mass is 474 g/mol. The topological polar surface area (TPSA) is 134 Å². The number of benzene rings is 3. The molecule has 1 aromatic heterocycles. The van der Waals surface area contributed by atoms with Crippen LogP contribution in [-0.4, -0.2) is 41.1 Å². The number of hydrogen-bond acceptors (Lipinski definition) is 4. The minimum atomic E-state index is -1.02. The Balaban J connectivity index is 1.74. The molecule has 7 N–H and O–H groups in total. The molecule has 0 saturated carbocycles. The van der Waals surface area contributed by atoms with Gasteiger partial charge in [-0.3, -0.25) is 4.79 Å². The number of carboxylic acids is 1. The number of nitrogens with one attached hydrogen (secondary N) is 2. The fourth-order valence-electron chi connectivity index (χ4n) is 4.06. The van der Waals surface area contributed by atoms with Gasteiger partial charge in [0.05, 0.1) is 5.56 Å². The molecular formula is C27H27FN4O3. The Kier molecular flexibility index (Phi) is 7.24. The highest BCUT2D eigenvalue weighted by atomic mass is 19.1. The molecule has 7 nitrogen and oxygen atoms in total. The molecule has 180 valence electrons. The van der Waals surface area contributed by atoms with Crippen molar-refractivity contribution < 1.29 is 19.1 Å². The summed E-state index contributed by atoms with van der Waals surface area (Å²) in [7, 11) is 0. The number of carboxylic acid groups (broad SMARTS) is 1. The summed E-state index contributed by atoms with van der Waals surface area (Å²) in [5, 5.41) is 12.9. The van der Waals surface area contributed by atoms with Gasteiger partial charge in [-0.1, -0.05) is 36.4 Å². The average molecular weight is 475 g/mol. The van der Waals surface area contributed by atoms with Crippen LogP contribution in [0.4, 0.5) is 4.39 Å². The molecule has 0 fully saturated rings. The highest BCUT2D eigenvalue weighted by Crippen LogP contribution is 2.35. The predicted molar refractivity (Wildman–Crippen MR) is 135 cm³/mol. The summed E-state index contributed by atoms with van der Waals surface area (Å²) in [6.45, 7) is 0.836. The van der Waals surface area contributed by atoms with Gasteiger partial charge in [0.25, 0.3) is 5.91 Å². The third kappa shape index (κ3) is 5.40. The van der Waals surface area contributed by atoms with Crippen LogP contribution in [0.5, 0.6) is 0 Å². The molecule has 4 aromatic rings. The van der Waals surface area contributed by atoms with Crippen LogP contribution in [0.2, 0.25) is 0 Å². The molecule has 4 rings (SSSR count). The number of nitrogens with two attached hydrogens (primary N) is 2. The molecule has 35 heavy (non-hydrogen) atoms. The number of rotatable bonds is 9. The zero-order valence-electron chi connectivity index (χ0n) is 19.1. The maximum absolute atomic E-state index is 13.4. The van der Waals surface area contributed by atoms with E-state index in [1.54, 1.807) is 24.3 Å². The highest BCUT2D eigenvalue weighted by molar-refractivity contribution is 6.10. The van der Waals surface area contributed by atoms with E-state index in [1.807, 2.05) is 18.2 Å². The van der Waals surface area contributed by atoms with Crippen LogP contribution in [0.25, 0.3) is 33.2 Å². The summed E-state index contributed by atoms with van der Waals surface area (Å²) in [6, 6.07) is 18.1. The fraction of sp³-hybridized carbons (Fsp3) is 0.185. The van der Waals surface area contributed by atoms with Crippen LogP contribution in [0.1, 0.15) is 33.7 Å². The second-order valence-corrected chi connectivity index (χ2v) is 8.43. The Bertz CT molecular complexity index is 1350. The van der Waals surface area contributed by atoms with Crippen molar-refractivity contribution in [1.29, 1.82) is 0 Å². The van der Waals surface area contributed by atoms with Crippen molar-refractivity contribution in [2.45, 2.75) is 18.9 Å². The molecule has 1 heterocycles. The largest absolute Gasteiger partial charge is 0.478 e. The number of aromatic carboxylic acids is 1. The number of carbonyl (C=O) groups excluding carboxylic acids is 1. The Morgan fingerprint density at radius 3 is 2.29 bits per heavy atom. The zero-order valence-corrected chi connectivity index (χ0v) is 19.1. The summed E-state index contributed by atoms with van der Waals surface area (Å²) in [6.07, 6.45) is 1.48. The zero-order chi connectivity index (χ0) is 24.9. The van der Waals surface area contributed by atoms with E-state index in [9.17, 15) is 19.1 Å². The summed E-state index contributed by atoms with van der Waals surface area (Å²) in [5.41, 5.74) is 15.9. The lowest BCUT2D eigenvalue weighted by Gasteiger charge is -2.12. The van der Waals surface area contributed by atoms with E-state index in [1.165, 1.54) is 24.3 Å². The average Bonchev–Trinajstić information content (AvgIpc) is 3.25. The molecule has 0 aliphatic carbocycles.